The zero-order valence-corrected chi connectivity index (χ0v) is 12.6. The van der Waals surface area contributed by atoms with E-state index in [0.717, 1.165) is 25.7 Å². The Morgan fingerprint density at radius 3 is 2.50 bits per heavy atom. The van der Waals surface area contributed by atoms with Gasteiger partial charge in [-0.3, -0.25) is 9.59 Å². The van der Waals surface area contributed by atoms with E-state index in [1.807, 2.05) is 0 Å². The fourth-order valence-corrected chi connectivity index (χ4v) is 3.07. The number of benzene rings is 1. The van der Waals surface area contributed by atoms with Crippen molar-refractivity contribution in [3.63, 3.8) is 0 Å². The molecule has 0 saturated heterocycles. The number of fused-ring (bicyclic) bond motifs is 1. The molecule has 0 bridgehead atoms. The van der Waals surface area contributed by atoms with Crippen LogP contribution in [0.5, 0.6) is 0 Å². The summed E-state index contributed by atoms with van der Waals surface area (Å²) in [6, 6.07) is 8.47. The molecule has 1 aliphatic carbocycles. The predicted molar refractivity (Wildman–Crippen MR) is 86.1 cm³/mol. The quantitative estimate of drug-likeness (QED) is 0.921. The third-order valence-electron chi connectivity index (χ3n) is 4.30. The van der Waals surface area contributed by atoms with Gasteiger partial charge >= 0.3 is 0 Å². The van der Waals surface area contributed by atoms with Crippen molar-refractivity contribution in [1.82, 2.24) is 5.32 Å². The molecule has 4 heteroatoms. The van der Waals surface area contributed by atoms with E-state index >= 15 is 0 Å². The van der Waals surface area contributed by atoms with Gasteiger partial charge in [0.2, 0.25) is 0 Å². The van der Waals surface area contributed by atoms with Gasteiger partial charge in [-0.2, -0.15) is 0 Å². The Labute approximate surface area is 129 Å². The smallest absolute Gasteiger partial charge is 0.287 e. The van der Waals surface area contributed by atoms with Crippen LogP contribution in [0.25, 0.3) is 11.0 Å². The Kier molecular flexibility index (Phi) is 4.56. The summed E-state index contributed by atoms with van der Waals surface area (Å²) in [7, 11) is 0. The summed E-state index contributed by atoms with van der Waals surface area (Å²) in [5, 5.41) is 3.53. The lowest BCUT2D eigenvalue weighted by Gasteiger charge is -2.20. The number of nitrogens with one attached hydrogen (secondary N) is 1. The van der Waals surface area contributed by atoms with Crippen molar-refractivity contribution in [3.05, 3.63) is 46.3 Å². The van der Waals surface area contributed by atoms with E-state index < -0.39 is 0 Å². The van der Waals surface area contributed by atoms with Crippen molar-refractivity contribution in [2.75, 3.05) is 0 Å². The highest BCUT2D eigenvalue weighted by atomic mass is 16.3. The molecule has 1 N–H and O–H groups in total. The average Bonchev–Trinajstić information content (AvgIpc) is 2.49. The molecule has 1 aromatic heterocycles. The number of amides is 1. The van der Waals surface area contributed by atoms with Gasteiger partial charge in [-0.25, -0.2) is 0 Å². The molecule has 0 radical (unpaired) electrons. The van der Waals surface area contributed by atoms with Crippen LogP contribution in [-0.2, 0) is 0 Å². The van der Waals surface area contributed by atoms with E-state index in [0.29, 0.717) is 11.0 Å². The Balaban J connectivity index is 1.78. The van der Waals surface area contributed by atoms with Crippen LogP contribution in [0.15, 0.2) is 39.5 Å². The molecule has 22 heavy (non-hydrogen) atoms. The summed E-state index contributed by atoms with van der Waals surface area (Å²) in [5.74, 6) is -0.181. The van der Waals surface area contributed by atoms with Crippen LogP contribution in [0.4, 0.5) is 0 Å². The van der Waals surface area contributed by atoms with E-state index in [1.165, 1.54) is 25.3 Å². The maximum absolute atomic E-state index is 12.4. The van der Waals surface area contributed by atoms with Crippen molar-refractivity contribution < 1.29 is 9.21 Å². The minimum Gasteiger partial charge on any atom is -0.451 e. The Bertz CT molecular complexity index is 712. The third kappa shape index (κ3) is 3.38. The maximum atomic E-state index is 12.4. The largest absolute Gasteiger partial charge is 0.451 e. The number of rotatable bonds is 2. The summed E-state index contributed by atoms with van der Waals surface area (Å²) in [5.41, 5.74) is 0.280. The summed E-state index contributed by atoms with van der Waals surface area (Å²) in [6.45, 7) is 0. The molecule has 3 rings (SSSR count). The van der Waals surface area contributed by atoms with E-state index in [4.69, 9.17) is 4.42 Å². The van der Waals surface area contributed by atoms with Gasteiger partial charge in [0.25, 0.3) is 5.91 Å². The molecular formula is C18H21NO3. The summed E-state index contributed by atoms with van der Waals surface area (Å²) < 4.78 is 5.59. The molecule has 1 heterocycles. The maximum Gasteiger partial charge on any atom is 0.287 e. The van der Waals surface area contributed by atoms with Crippen molar-refractivity contribution in [2.45, 2.75) is 51.0 Å². The molecule has 1 saturated carbocycles. The van der Waals surface area contributed by atoms with Crippen LogP contribution in [-0.4, -0.2) is 11.9 Å². The van der Waals surface area contributed by atoms with Crippen LogP contribution in [0.1, 0.15) is 55.5 Å². The van der Waals surface area contributed by atoms with Crippen LogP contribution in [0.2, 0.25) is 0 Å². The molecular weight excluding hydrogens is 278 g/mol. The van der Waals surface area contributed by atoms with E-state index in [1.54, 1.807) is 24.3 Å². The summed E-state index contributed by atoms with van der Waals surface area (Å²) >= 11 is 0. The second-order valence-electron chi connectivity index (χ2n) is 5.99. The van der Waals surface area contributed by atoms with Gasteiger partial charge in [0.05, 0.1) is 5.39 Å². The second-order valence-corrected chi connectivity index (χ2v) is 5.99. The molecule has 4 nitrogen and oxygen atoms in total. The number of hydrogen-bond acceptors (Lipinski definition) is 3. The molecule has 2 aromatic rings. The number of carbonyl (C=O) groups is 1. The van der Waals surface area contributed by atoms with E-state index in [2.05, 4.69) is 5.32 Å². The second kappa shape index (κ2) is 6.77. The van der Waals surface area contributed by atoms with Gasteiger partial charge in [-0.15, -0.1) is 0 Å². The lowest BCUT2D eigenvalue weighted by atomic mass is 9.96. The first-order chi connectivity index (χ1) is 10.7. The van der Waals surface area contributed by atoms with Crippen LogP contribution in [0.3, 0.4) is 0 Å². The van der Waals surface area contributed by atoms with Gasteiger partial charge in [-0.1, -0.05) is 44.2 Å². The topological polar surface area (TPSA) is 59.3 Å². The fraction of sp³-hybridized carbons (Fsp3) is 0.444. The molecule has 0 unspecified atom stereocenters. The minimum absolute atomic E-state index is 0.103. The highest BCUT2D eigenvalue weighted by Crippen LogP contribution is 2.18. The molecule has 1 aromatic carbocycles. The average molecular weight is 299 g/mol. The van der Waals surface area contributed by atoms with Gasteiger partial charge in [0.1, 0.15) is 5.58 Å². The summed E-state index contributed by atoms with van der Waals surface area (Å²) in [6.07, 6.45) is 8.06. The summed E-state index contributed by atoms with van der Waals surface area (Å²) in [4.78, 5) is 24.4. The zero-order chi connectivity index (χ0) is 15.4. The standard InChI is InChI=1S/C18H21NO3/c20-15-12-17(22-16-11-7-6-10-14(15)16)18(21)19-13-8-4-2-1-3-5-9-13/h6-7,10-13H,1-5,8-9H2,(H,19,21). The Morgan fingerprint density at radius 2 is 1.73 bits per heavy atom. The first kappa shape index (κ1) is 14.8. The van der Waals surface area contributed by atoms with Gasteiger partial charge < -0.3 is 9.73 Å². The third-order valence-corrected chi connectivity index (χ3v) is 4.30. The highest BCUT2D eigenvalue weighted by molar-refractivity contribution is 5.93. The molecule has 1 fully saturated rings. The zero-order valence-electron chi connectivity index (χ0n) is 12.6. The van der Waals surface area contributed by atoms with Gasteiger partial charge in [-0.05, 0) is 25.0 Å². The van der Waals surface area contributed by atoms with Crippen molar-refractivity contribution in [3.8, 4) is 0 Å². The molecule has 1 amide bonds. The molecule has 1 aliphatic rings. The predicted octanol–water partition coefficient (Wildman–Crippen LogP) is 3.64. The monoisotopic (exact) mass is 299 g/mol. The van der Waals surface area contributed by atoms with Crippen LogP contribution >= 0.6 is 0 Å². The first-order valence-corrected chi connectivity index (χ1v) is 8.08. The van der Waals surface area contributed by atoms with Crippen LogP contribution < -0.4 is 10.7 Å². The number of hydrogen-bond donors (Lipinski definition) is 1. The SMILES string of the molecule is O=C(NC1CCCCCCC1)c1cc(=O)c2ccccc2o1. The van der Waals surface area contributed by atoms with Crippen molar-refractivity contribution in [2.24, 2.45) is 0 Å². The minimum atomic E-state index is -0.284. The Morgan fingerprint density at radius 1 is 1.05 bits per heavy atom. The normalized spacial score (nSPS) is 16.9. The molecule has 0 spiro atoms. The van der Waals surface area contributed by atoms with Gasteiger partial charge in [0.15, 0.2) is 11.2 Å². The molecule has 0 atom stereocenters. The molecule has 116 valence electrons. The van der Waals surface area contributed by atoms with Crippen molar-refractivity contribution in [1.29, 1.82) is 0 Å². The van der Waals surface area contributed by atoms with Gasteiger partial charge in [0, 0.05) is 12.1 Å². The number of carbonyl (C=O) groups excluding carboxylic acids is 1. The fourth-order valence-electron chi connectivity index (χ4n) is 3.07. The Hall–Kier alpha value is -2.10. The lowest BCUT2D eigenvalue weighted by Crippen LogP contribution is -2.35. The highest BCUT2D eigenvalue weighted by Gasteiger charge is 2.17. The lowest BCUT2D eigenvalue weighted by molar-refractivity contribution is 0.0903. The molecule has 0 aliphatic heterocycles. The van der Waals surface area contributed by atoms with E-state index in [9.17, 15) is 9.59 Å². The van der Waals surface area contributed by atoms with E-state index in [-0.39, 0.29) is 23.1 Å². The number of para-hydroxylation sites is 1. The van der Waals surface area contributed by atoms with Crippen molar-refractivity contribution >= 4 is 16.9 Å². The van der Waals surface area contributed by atoms with Crippen LogP contribution in [0, 0.1) is 0 Å². The first-order valence-electron chi connectivity index (χ1n) is 8.08.